The first-order chi connectivity index (χ1) is 8.99. The molecular formula is C13H16BrNO3S. The van der Waals surface area contributed by atoms with Gasteiger partial charge in [-0.3, -0.25) is 9.59 Å². The van der Waals surface area contributed by atoms with Crippen molar-refractivity contribution in [2.75, 3.05) is 0 Å². The number of aryl methyl sites for hydroxylation is 1. The molecule has 4 nitrogen and oxygen atoms in total. The molecule has 104 valence electrons. The van der Waals surface area contributed by atoms with Gasteiger partial charge in [0.05, 0.1) is 14.6 Å². The molecule has 1 saturated carbocycles. The molecule has 0 aliphatic heterocycles. The molecule has 0 radical (unpaired) electrons. The van der Waals surface area contributed by atoms with Gasteiger partial charge in [0.15, 0.2) is 0 Å². The van der Waals surface area contributed by atoms with Gasteiger partial charge in [0.25, 0.3) is 5.91 Å². The number of nitrogens with one attached hydrogen (secondary N) is 1. The van der Waals surface area contributed by atoms with Crippen molar-refractivity contribution < 1.29 is 14.7 Å². The first-order valence-corrected chi connectivity index (χ1v) is 7.89. The molecule has 0 spiro atoms. The first kappa shape index (κ1) is 14.5. The summed E-state index contributed by atoms with van der Waals surface area (Å²) in [4.78, 5) is 23.9. The molecule has 1 aliphatic rings. The first-order valence-electron chi connectivity index (χ1n) is 6.28. The molecule has 2 unspecified atom stereocenters. The number of aliphatic carboxylic acids is 1. The third-order valence-electron chi connectivity index (χ3n) is 3.48. The number of amides is 1. The number of rotatable bonds is 3. The van der Waals surface area contributed by atoms with Crippen LogP contribution in [0, 0.1) is 12.8 Å². The zero-order chi connectivity index (χ0) is 14.0. The number of carbonyl (C=O) groups is 2. The van der Waals surface area contributed by atoms with Crippen molar-refractivity contribution in [3.8, 4) is 0 Å². The molecule has 19 heavy (non-hydrogen) atoms. The lowest BCUT2D eigenvalue weighted by molar-refractivity contribution is -0.143. The molecule has 2 atom stereocenters. The molecule has 1 heterocycles. The lowest BCUT2D eigenvalue weighted by Crippen LogP contribution is -2.44. The molecule has 2 rings (SSSR count). The summed E-state index contributed by atoms with van der Waals surface area (Å²) in [6, 6.07) is 1.57. The second-order valence-corrected chi connectivity index (χ2v) is 7.25. The van der Waals surface area contributed by atoms with Gasteiger partial charge in [-0.15, -0.1) is 11.3 Å². The topological polar surface area (TPSA) is 66.4 Å². The highest BCUT2D eigenvalue weighted by Crippen LogP contribution is 2.29. The van der Waals surface area contributed by atoms with Crippen LogP contribution in [0.1, 0.15) is 40.9 Å². The van der Waals surface area contributed by atoms with Gasteiger partial charge in [-0.1, -0.05) is 12.8 Å². The maximum absolute atomic E-state index is 12.1. The average molecular weight is 346 g/mol. The summed E-state index contributed by atoms with van der Waals surface area (Å²) in [5, 5.41) is 12.1. The summed E-state index contributed by atoms with van der Waals surface area (Å²) in [7, 11) is 0. The van der Waals surface area contributed by atoms with Gasteiger partial charge in [-0.25, -0.2) is 0 Å². The minimum absolute atomic E-state index is 0.169. The number of hydrogen-bond donors (Lipinski definition) is 2. The monoisotopic (exact) mass is 345 g/mol. The maximum atomic E-state index is 12.1. The van der Waals surface area contributed by atoms with Crippen LogP contribution < -0.4 is 5.32 Å². The highest BCUT2D eigenvalue weighted by Gasteiger charge is 2.32. The maximum Gasteiger partial charge on any atom is 0.308 e. The zero-order valence-corrected chi connectivity index (χ0v) is 13.0. The van der Waals surface area contributed by atoms with Gasteiger partial charge in [0.1, 0.15) is 0 Å². The summed E-state index contributed by atoms with van der Waals surface area (Å²) >= 11 is 4.77. The summed E-state index contributed by atoms with van der Waals surface area (Å²) in [6.07, 6.45) is 3.29. The third kappa shape index (κ3) is 3.36. The van der Waals surface area contributed by atoms with Crippen molar-refractivity contribution >= 4 is 39.1 Å². The van der Waals surface area contributed by atoms with Crippen molar-refractivity contribution in [3.05, 3.63) is 20.3 Å². The number of hydrogen-bond acceptors (Lipinski definition) is 3. The highest BCUT2D eigenvalue weighted by atomic mass is 79.9. The number of carbonyl (C=O) groups excluding carboxylic acids is 1. The minimum atomic E-state index is -0.812. The van der Waals surface area contributed by atoms with Crippen LogP contribution in [-0.4, -0.2) is 23.0 Å². The number of thiophene rings is 1. The van der Waals surface area contributed by atoms with Crippen LogP contribution in [0.4, 0.5) is 0 Å². The third-order valence-corrected chi connectivity index (χ3v) is 5.62. The molecule has 1 amide bonds. The predicted octanol–water partition coefficient (Wildman–Crippen LogP) is 3.19. The van der Waals surface area contributed by atoms with Gasteiger partial charge in [-0.05, 0) is 47.3 Å². The van der Waals surface area contributed by atoms with Crippen molar-refractivity contribution in [3.63, 3.8) is 0 Å². The molecular weight excluding hydrogens is 330 g/mol. The smallest absolute Gasteiger partial charge is 0.308 e. The largest absolute Gasteiger partial charge is 0.481 e. The van der Waals surface area contributed by atoms with E-state index in [0.29, 0.717) is 11.3 Å². The second kappa shape index (κ2) is 6.05. The van der Waals surface area contributed by atoms with Crippen LogP contribution in [0.25, 0.3) is 0 Å². The Labute approximate surface area is 124 Å². The molecule has 6 heteroatoms. The average Bonchev–Trinajstić information content (AvgIpc) is 2.70. The second-order valence-electron chi connectivity index (χ2n) is 4.88. The van der Waals surface area contributed by atoms with Crippen molar-refractivity contribution in [2.45, 2.75) is 38.6 Å². The fraction of sp³-hybridized carbons (Fsp3) is 0.538. The van der Waals surface area contributed by atoms with E-state index >= 15 is 0 Å². The molecule has 1 aliphatic carbocycles. The van der Waals surface area contributed by atoms with E-state index in [9.17, 15) is 14.7 Å². The van der Waals surface area contributed by atoms with E-state index in [1.165, 1.54) is 11.3 Å². The summed E-state index contributed by atoms with van der Waals surface area (Å²) < 4.78 is 0.941. The standard InChI is InChI=1S/C13H16BrNO3S/c1-7-6-10(19-11(7)14)12(16)15-9-5-3-2-4-8(9)13(17)18/h6,8-9H,2-5H2,1H3,(H,15,16)(H,17,18). The van der Waals surface area contributed by atoms with Crippen LogP contribution >= 0.6 is 27.3 Å². The fourth-order valence-electron chi connectivity index (χ4n) is 2.41. The van der Waals surface area contributed by atoms with E-state index in [1.807, 2.05) is 13.0 Å². The Morgan fingerprint density at radius 3 is 2.68 bits per heavy atom. The van der Waals surface area contributed by atoms with Gasteiger partial charge in [-0.2, -0.15) is 0 Å². The molecule has 0 saturated heterocycles. The molecule has 2 N–H and O–H groups in total. The number of halogens is 1. The number of carboxylic acids is 1. The Balaban J connectivity index is 2.06. The Bertz CT molecular complexity index is 481. The molecule has 1 fully saturated rings. The Kier molecular flexibility index (Phi) is 4.62. The van der Waals surface area contributed by atoms with E-state index in [4.69, 9.17) is 0 Å². The van der Waals surface area contributed by atoms with Crippen molar-refractivity contribution in [1.29, 1.82) is 0 Å². The van der Waals surface area contributed by atoms with Crippen LogP contribution in [0.15, 0.2) is 9.85 Å². The lowest BCUT2D eigenvalue weighted by atomic mass is 9.84. The summed E-state index contributed by atoms with van der Waals surface area (Å²) in [5.41, 5.74) is 1.02. The Morgan fingerprint density at radius 1 is 1.42 bits per heavy atom. The van der Waals surface area contributed by atoms with Gasteiger partial charge in [0.2, 0.25) is 0 Å². The quantitative estimate of drug-likeness (QED) is 0.883. The molecule has 0 aromatic carbocycles. The van der Waals surface area contributed by atoms with E-state index in [0.717, 1.165) is 28.6 Å². The Morgan fingerprint density at radius 2 is 2.11 bits per heavy atom. The van der Waals surface area contributed by atoms with Gasteiger partial charge in [0, 0.05) is 6.04 Å². The number of carboxylic acid groups (broad SMARTS) is 1. The summed E-state index contributed by atoms with van der Waals surface area (Å²) in [6.45, 7) is 1.93. The van der Waals surface area contributed by atoms with E-state index in [-0.39, 0.29) is 11.9 Å². The van der Waals surface area contributed by atoms with Gasteiger partial charge >= 0.3 is 5.97 Å². The van der Waals surface area contributed by atoms with Crippen LogP contribution in [0.5, 0.6) is 0 Å². The normalized spacial score (nSPS) is 23.1. The zero-order valence-electron chi connectivity index (χ0n) is 10.6. The van der Waals surface area contributed by atoms with E-state index in [1.54, 1.807) is 0 Å². The van der Waals surface area contributed by atoms with Crippen LogP contribution in [0.3, 0.4) is 0 Å². The highest BCUT2D eigenvalue weighted by molar-refractivity contribution is 9.11. The van der Waals surface area contributed by atoms with E-state index in [2.05, 4.69) is 21.2 Å². The van der Waals surface area contributed by atoms with Crippen LogP contribution in [0.2, 0.25) is 0 Å². The van der Waals surface area contributed by atoms with E-state index < -0.39 is 11.9 Å². The minimum Gasteiger partial charge on any atom is -0.481 e. The summed E-state index contributed by atoms with van der Waals surface area (Å²) in [5.74, 6) is -1.44. The Hall–Kier alpha value is -0.880. The van der Waals surface area contributed by atoms with Gasteiger partial charge < -0.3 is 10.4 Å². The van der Waals surface area contributed by atoms with Crippen molar-refractivity contribution in [1.82, 2.24) is 5.32 Å². The molecule has 1 aromatic heterocycles. The molecule has 1 aromatic rings. The predicted molar refractivity (Wildman–Crippen MR) is 77.6 cm³/mol. The van der Waals surface area contributed by atoms with Crippen molar-refractivity contribution in [2.24, 2.45) is 5.92 Å². The fourth-order valence-corrected chi connectivity index (χ4v) is 3.85. The molecule has 0 bridgehead atoms. The SMILES string of the molecule is Cc1cc(C(=O)NC2CCCCC2C(=O)O)sc1Br. The van der Waals surface area contributed by atoms with Crippen LogP contribution in [-0.2, 0) is 4.79 Å². The lowest BCUT2D eigenvalue weighted by Gasteiger charge is -2.29.